The van der Waals surface area contributed by atoms with E-state index >= 15 is 0 Å². The third-order valence-corrected chi connectivity index (χ3v) is 3.06. The number of nitrogen functional groups attached to an aromatic ring is 1. The van der Waals surface area contributed by atoms with E-state index in [0.717, 1.165) is 28.1 Å². The Labute approximate surface area is 113 Å². The molecule has 100 valence electrons. The molecule has 2 rings (SSSR count). The molecule has 0 radical (unpaired) electrons. The van der Waals surface area contributed by atoms with Gasteiger partial charge in [0, 0.05) is 5.56 Å². The van der Waals surface area contributed by atoms with E-state index in [1.54, 1.807) is 0 Å². The Balaban J connectivity index is 2.56. The van der Waals surface area contributed by atoms with Crippen LogP contribution in [0.2, 0.25) is 0 Å². The number of hydrogen-bond acceptors (Lipinski definition) is 4. The van der Waals surface area contributed by atoms with Crippen LogP contribution in [-0.2, 0) is 0 Å². The maximum Gasteiger partial charge on any atom is 0.149 e. The van der Waals surface area contributed by atoms with Crippen molar-refractivity contribution in [3.8, 4) is 17.0 Å². The van der Waals surface area contributed by atoms with Crippen molar-refractivity contribution in [3.05, 3.63) is 35.4 Å². The summed E-state index contributed by atoms with van der Waals surface area (Å²) in [7, 11) is 0. The topological polar surface area (TPSA) is 61.0 Å². The Bertz CT molecular complexity index is 594. The lowest BCUT2D eigenvalue weighted by atomic mass is 10.0. The number of hydrogen-bond donors (Lipinski definition) is 1. The quantitative estimate of drug-likeness (QED) is 0.917. The van der Waals surface area contributed by atoms with Crippen LogP contribution in [-0.4, -0.2) is 16.3 Å². The van der Waals surface area contributed by atoms with Crippen LogP contribution >= 0.6 is 0 Å². The van der Waals surface area contributed by atoms with Gasteiger partial charge in [-0.1, -0.05) is 12.1 Å². The second kappa shape index (κ2) is 5.26. The molecule has 0 saturated carbocycles. The maximum absolute atomic E-state index is 5.83. The average molecular weight is 257 g/mol. The molecular formula is C15H19N3O. The van der Waals surface area contributed by atoms with Crippen molar-refractivity contribution < 1.29 is 4.74 Å². The third kappa shape index (κ3) is 2.67. The van der Waals surface area contributed by atoms with Crippen LogP contribution in [0.3, 0.4) is 0 Å². The lowest BCUT2D eigenvalue weighted by molar-refractivity contribution is 0.243. The van der Waals surface area contributed by atoms with Gasteiger partial charge in [0.2, 0.25) is 0 Å². The van der Waals surface area contributed by atoms with E-state index in [4.69, 9.17) is 10.5 Å². The van der Waals surface area contributed by atoms with Gasteiger partial charge in [0.15, 0.2) is 0 Å². The van der Waals surface area contributed by atoms with Gasteiger partial charge in [-0.25, -0.2) is 0 Å². The lowest BCUT2D eigenvalue weighted by Crippen LogP contribution is -2.08. The normalized spacial score (nSPS) is 10.8. The number of aromatic nitrogens is 2. The van der Waals surface area contributed by atoms with E-state index in [9.17, 15) is 0 Å². The van der Waals surface area contributed by atoms with Crippen LogP contribution in [0.15, 0.2) is 24.3 Å². The molecule has 1 aromatic heterocycles. The van der Waals surface area contributed by atoms with Crippen molar-refractivity contribution in [1.29, 1.82) is 0 Å². The van der Waals surface area contributed by atoms with E-state index in [-0.39, 0.29) is 6.10 Å². The van der Waals surface area contributed by atoms with Crippen molar-refractivity contribution in [2.45, 2.75) is 33.8 Å². The minimum atomic E-state index is 0.115. The van der Waals surface area contributed by atoms with E-state index in [0.29, 0.717) is 5.82 Å². The zero-order chi connectivity index (χ0) is 14.0. The summed E-state index contributed by atoms with van der Waals surface area (Å²) in [6.07, 6.45) is 0.115. The summed E-state index contributed by atoms with van der Waals surface area (Å²) in [5.41, 5.74) is 9.55. The van der Waals surface area contributed by atoms with Crippen LogP contribution < -0.4 is 10.5 Å². The standard InChI is InChI=1S/C15H19N3O/c1-9(2)19-13-8-6-5-7-12(13)14-10(3)11(4)15(16)18-17-14/h5-9H,1-4H3,(H2,16,18). The molecule has 0 saturated heterocycles. The molecule has 2 aromatic rings. The number of anilines is 1. The average Bonchev–Trinajstić information content (AvgIpc) is 2.37. The molecule has 0 fully saturated rings. The SMILES string of the molecule is Cc1c(N)nnc(-c2ccccc2OC(C)C)c1C. The molecule has 0 aliphatic heterocycles. The Morgan fingerprint density at radius 2 is 1.74 bits per heavy atom. The molecule has 4 nitrogen and oxygen atoms in total. The van der Waals surface area contributed by atoms with Crippen LogP contribution in [0, 0.1) is 13.8 Å². The Morgan fingerprint density at radius 1 is 1.05 bits per heavy atom. The Morgan fingerprint density at radius 3 is 2.42 bits per heavy atom. The van der Waals surface area contributed by atoms with Crippen LogP contribution in [0.25, 0.3) is 11.3 Å². The second-order valence-corrected chi connectivity index (χ2v) is 4.85. The highest BCUT2D eigenvalue weighted by atomic mass is 16.5. The van der Waals surface area contributed by atoms with Gasteiger partial charge in [-0.15, -0.1) is 10.2 Å². The molecule has 1 heterocycles. The first-order valence-electron chi connectivity index (χ1n) is 6.36. The summed E-state index contributed by atoms with van der Waals surface area (Å²) >= 11 is 0. The molecule has 0 aliphatic rings. The summed E-state index contributed by atoms with van der Waals surface area (Å²) < 4.78 is 5.83. The van der Waals surface area contributed by atoms with Crippen molar-refractivity contribution in [2.75, 3.05) is 5.73 Å². The van der Waals surface area contributed by atoms with Gasteiger partial charge in [-0.2, -0.15) is 0 Å². The first kappa shape index (κ1) is 13.3. The van der Waals surface area contributed by atoms with Crippen LogP contribution in [0.1, 0.15) is 25.0 Å². The van der Waals surface area contributed by atoms with Crippen molar-refractivity contribution in [2.24, 2.45) is 0 Å². The molecule has 0 unspecified atom stereocenters. The third-order valence-electron chi connectivity index (χ3n) is 3.06. The summed E-state index contributed by atoms with van der Waals surface area (Å²) in [5.74, 6) is 1.29. The maximum atomic E-state index is 5.83. The van der Waals surface area contributed by atoms with Crippen LogP contribution in [0.5, 0.6) is 5.75 Å². The largest absolute Gasteiger partial charge is 0.490 e. The van der Waals surface area contributed by atoms with Crippen molar-refractivity contribution >= 4 is 5.82 Å². The Kier molecular flexibility index (Phi) is 3.69. The highest BCUT2D eigenvalue weighted by Gasteiger charge is 2.14. The molecule has 2 N–H and O–H groups in total. The molecule has 0 spiro atoms. The summed E-state index contributed by atoms with van der Waals surface area (Å²) in [6.45, 7) is 7.96. The first-order valence-corrected chi connectivity index (χ1v) is 6.36. The molecule has 0 bridgehead atoms. The predicted octanol–water partition coefficient (Wildman–Crippen LogP) is 3.13. The summed E-state index contributed by atoms with van der Waals surface area (Å²) in [6, 6.07) is 7.86. The number of para-hydroxylation sites is 1. The zero-order valence-corrected chi connectivity index (χ0v) is 11.8. The molecule has 0 amide bonds. The predicted molar refractivity (Wildman–Crippen MR) is 77.1 cm³/mol. The van der Waals surface area contributed by atoms with Crippen molar-refractivity contribution in [1.82, 2.24) is 10.2 Å². The fourth-order valence-corrected chi connectivity index (χ4v) is 1.90. The molecule has 0 aliphatic carbocycles. The highest BCUT2D eigenvalue weighted by molar-refractivity contribution is 5.71. The van der Waals surface area contributed by atoms with Gasteiger partial charge < -0.3 is 10.5 Å². The van der Waals surface area contributed by atoms with E-state index in [1.165, 1.54) is 0 Å². The molecule has 4 heteroatoms. The minimum Gasteiger partial charge on any atom is -0.490 e. The number of ether oxygens (including phenoxy) is 1. The van der Waals surface area contributed by atoms with Crippen molar-refractivity contribution in [3.63, 3.8) is 0 Å². The molecule has 1 aromatic carbocycles. The van der Waals surface area contributed by atoms with E-state index in [1.807, 2.05) is 52.0 Å². The summed E-state index contributed by atoms with van der Waals surface area (Å²) in [5, 5.41) is 8.23. The summed E-state index contributed by atoms with van der Waals surface area (Å²) in [4.78, 5) is 0. The molecular weight excluding hydrogens is 238 g/mol. The van der Waals surface area contributed by atoms with Gasteiger partial charge in [0.1, 0.15) is 11.6 Å². The number of rotatable bonds is 3. The first-order chi connectivity index (χ1) is 9.00. The number of nitrogens with two attached hydrogens (primary N) is 1. The van der Waals surface area contributed by atoms with Gasteiger partial charge >= 0.3 is 0 Å². The minimum absolute atomic E-state index is 0.115. The van der Waals surface area contributed by atoms with E-state index < -0.39 is 0 Å². The van der Waals surface area contributed by atoms with Gasteiger partial charge in [-0.3, -0.25) is 0 Å². The monoisotopic (exact) mass is 257 g/mol. The lowest BCUT2D eigenvalue weighted by Gasteiger charge is -2.15. The Hall–Kier alpha value is -2.10. The van der Waals surface area contributed by atoms with E-state index in [2.05, 4.69) is 10.2 Å². The molecule has 0 atom stereocenters. The number of nitrogens with zero attached hydrogens (tertiary/aromatic N) is 2. The smallest absolute Gasteiger partial charge is 0.149 e. The van der Waals surface area contributed by atoms with Gasteiger partial charge in [0.25, 0.3) is 0 Å². The fraction of sp³-hybridized carbons (Fsp3) is 0.333. The van der Waals surface area contributed by atoms with Gasteiger partial charge in [0.05, 0.1) is 11.8 Å². The second-order valence-electron chi connectivity index (χ2n) is 4.85. The highest BCUT2D eigenvalue weighted by Crippen LogP contribution is 2.32. The fourth-order valence-electron chi connectivity index (χ4n) is 1.90. The number of benzene rings is 1. The van der Waals surface area contributed by atoms with Gasteiger partial charge in [-0.05, 0) is 51.0 Å². The van der Waals surface area contributed by atoms with Crippen LogP contribution in [0.4, 0.5) is 5.82 Å². The zero-order valence-electron chi connectivity index (χ0n) is 11.8. The molecule has 19 heavy (non-hydrogen) atoms.